The summed E-state index contributed by atoms with van der Waals surface area (Å²) in [5, 5.41) is 7.22. The number of rotatable bonds is 5. The Kier molecular flexibility index (Phi) is 5.90. The quantitative estimate of drug-likeness (QED) is 0.696. The molecule has 1 aliphatic carbocycles. The first-order chi connectivity index (χ1) is 15.6. The summed E-state index contributed by atoms with van der Waals surface area (Å²) in [6, 6.07) is 8.79. The molecule has 9 nitrogen and oxygen atoms in total. The second-order valence-corrected chi connectivity index (χ2v) is 9.71. The van der Waals surface area contributed by atoms with Crippen LogP contribution in [0.3, 0.4) is 0 Å². The number of aromatic nitrogens is 2. The number of carbonyl (C=O) groups is 3. The van der Waals surface area contributed by atoms with Crippen molar-refractivity contribution in [2.24, 2.45) is 0 Å². The van der Waals surface area contributed by atoms with Crippen molar-refractivity contribution < 1.29 is 23.9 Å². The van der Waals surface area contributed by atoms with Crippen LogP contribution in [0.1, 0.15) is 65.7 Å². The van der Waals surface area contributed by atoms with Crippen molar-refractivity contribution >= 4 is 18.0 Å². The molecule has 33 heavy (non-hydrogen) atoms. The minimum absolute atomic E-state index is 0.125. The van der Waals surface area contributed by atoms with Crippen molar-refractivity contribution in [1.82, 2.24) is 20.0 Å². The molecule has 2 aliphatic rings. The molecule has 1 aromatic heterocycles. The van der Waals surface area contributed by atoms with Gasteiger partial charge < -0.3 is 19.3 Å². The molecule has 1 saturated carbocycles. The third kappa shape index (κ3) is 4.86. The molecule has 0 atom stereocenters. The number of hydrogen-bond acceptors (Lipinski definition) is 6. The number of nitrogens with zero attached hydrogens (tertiary/aromatic N) is 3. The van der Waals surface area contributed by atoms with Crippen molar-refractivity contribution in [2.75, 3.05) is 20.2 Å². The maximum Gasteiger partial charge on any atom is 0.410 e. The van der Waals surface area contributed by atoms with Gasteiger partial charge in [-0.05, 0) is 45.7 Å². The normalized spacial score (nSPS) is 16.5. The van der Waals surface area contributed by atoms with E-state index in [1.54, 1.807) is 41.1 Å². The Balaban J connectivity index is 1.43. The Labute approximate surface area is 193 Å². The fraction of sp³-hybridized carbons (Fsp3) is 0.500. The largest absolute Gasteiger partial charge is 0.460 e. The average molecular weight is 455 g/mol. The van der Waals surface area contributed by atoms with E-state index >= 15 is 0 Å². The molecule has 1 aliphatic heterocycles. The first kappa shape index (κ1) is 22.8. The van der Waals surface area contributed by atoms with Gasteiger partial charge in [-0.3, -0.25) is 9.89 Å². The predicted molar refractivity (Wildman–Crippen MR) is 120 cm³/mol. The van der Waals surface area contributed by atoms with E-state index in [4.69, 9.17) is 9.47 Å². The van der Waals surface area contributed by atoms with Crippen molar-refractivity contribution in [3.8, 4) is 0 Å². The number of nitrogens with one attached hydrogen (secondary N) is 1. The lowest BCUT2D eigenvalue weighted by atomic mass is 10.0. The van der Waals surface area contributed by atoms with E-state index in [0.717, 1.165) is 18.5 Å². The van der Waals surface area contributed by atoms with Crippen molar-refractivity contribution in [3.05, 3.63) is 52.8 Å². The number of hydrogen-bond donors (Lipinski definition) is 1. The highest BCUT2D eigenvalue weighted by Crippen LogP contribution is 2.42. The Morgan fingerprint density at radius 3 is 2.52 bits per heavy atom. The van der Waals surface area contributed by atoms with Gasteiger partial charge in [-0.2, -0.15) is 5.10 Å². The summed E-state index contributed by atoms with van der Waals surface area (Å²) in [5.74, 6) is -0.667. The van der Waals surface area contributed by atoms with E-state index < -0.39 is 23.2 Å². The Bertz CT molecular complexity index is 1050. The first-order valence-electron chi connectivity index (χ1n) is 11.1. The number of likely N-dealkylation sites (N-methyl/N-ethyl adjacent to an activating group) is 1. The van der Waals surface area contributed by atoms with Gasteiger partial charge in [0, 0.05) is 31.3 Å². The van der Waals surface area contributed by atoms with Crippen LogP contribution in [-0.2, 0) is 22.4 Å². The average Bonchev–Trinajstić information content (AvgIpc) is 3.46. The number of ether oxygens (including phenoxy) is 2. The smallest absolute Gasteiger partial charge is 0.410 e. The summed E-state index contributed by atoms with van der Waals surface area (Å²) in [7, 11) is 1.71. The monoisotopic (exact) mass is 454 g/mol. The van der Waals surface area contributed by atoms with Gasteiger partial charge in [0.05, 0.1) is 17.6 Å². The molecule has 1 fully saturated rings. The predicted octanol–water partition coefficient (Wildman–Crippen LogP) is 3.16. The third-order valence-corrected chi connectivity index (χ3v) is 6.11. The van der Waals surface area contributed by atoms with E-state index in [2.05, 4.69) is 10.2 Å². The van der Waals surface area contributed by atoms with Gasteiger partial charge in [-0.1, -0.05) is 18.2 Å². The lowest BCUT2D eigenvalue weighted by molar-refractivity contribution is 0.0221. The van der Waals surface area contributed by atoms with Gasteiger partial charge in [0.2, 0.25) is 0 Å². The van der Waals surface area contributed by atoms with Crippen LogP contribution >= 0.6 is 0 Å². The Morgan fingerprint density at radius 2 is 1.88 bits per heavy atom. The zero-order valence-corrected chi connectivity index (χ0v) is 19.5. The molecule has 9 heteroatoms. The summed E-state index contributed by atoms with van der Waals surface area (Å²) < 4.78 is 11.0. The summed E-state index contributed by atoms with van der Waals surface area (Å²) in [6.45, 7) is 6.34. The molecular weight excluding hydrogens is 424 g/mol. The summed E-state index contributed by atoms with van der Waals surface area (Å²) >= 11 is 0. The fourth-order valence-electron chi connectivity index (χ4n) is 3.91. The number of fused-ring (bicyclic) bond motifs is 1. The van der Waals surface area contributed by atoms with E-state index in [1.165, 1.54) is 0 Å². The van der Waals surface area contributed by atoms with Crippen LogP contribution in [0.15, 0.2) is 30.3 Å². The molecular formula is C24H30N4O5. The second kappa shape index (κ2) is 8.53. The fourth-order valence-corrected chi connectivity index (χ4v) is 3.91. The molecule has 0 spiro atoms. The highest BCUT2D eigenvalue weighted by molar-refractivity contribution is 5.95. The zero-order chi connectivity index (χ0) is 23.8. The lowest BCUT2D eigenvalue weighted by Gasteiger charge is -2.31. The van der Waals surface area contributed by atoms with Crippen LogP contribution in [0.4, 0.5) is 4.79 Å². The van der Waals surface area contributed by atoms with Crippen LogP contribution in [0.5, 0.6) is 0 Å². The van der Waals surface area contributed by atoms with Gasteiger partial charge in [0.25, 0.3) is 5.91 Å². The van der Waals surface area contributed by atoms with E-state index in [9.17, 15) is 14.4 Å². The number of aromatic amines is 1. The van der Waals surface area contributed by atoms with E-state index in [-0.39, 0.29) is 19.1 Å². The maximum absolute atomic E-state index is 13.4. The topological polar surface area (TPSA) is 105 Å². The van der Waals surface area contributed by atoms with Crippen LogP contribution in [0.2, 0.25) is 0 Å². The molecule has 0 unspecified atom stereocenters. The van der Waals surface area contributed by atoms with Gasteiger partial charge >= 0.3 is 12.1 Å². The Morgan fingerprint density at radius 1 is 1.18 bits per heavy atom. The third-order valence-electron chi connectivity index (χ3n) is 6.11. The lowest BCUT2D eigenvalue weighted by Crippen LogP contribution is -2.44. The molecule has 176 valence electrons. The van der Waals surface area contributed by atoms with Crippen LogP contribution < -0.4 is 0 Å². The molecule has 2 heterocycles. The van der Waals surface area contributed by atoms with Gasteiger partial charge in [0.1, 0.15) is 12.2 Å². The molecule has 2 aromatic rings. The van der Waals surface area contributed by atoms with Crippen LogP contribution in [0.25, 0.3) is 0 Å². The SMILES string of the molecule is CN(C(=O)c1n[nH]c2c1CN(C(=O)OC(C)(C)C)CC2)C1(COC(=O)c2ccccc2)CC1. The molecule has 0 saturated heterocycles. The standard InChI is InChI=1S/C24H30N4O5/c1-23(2,3)33-22(31)28-13-10-18-17(14-28)19(26-25-18)20(29)27(4)24(11-12-24)15-32-21(30)16-8-6-5-7-9-16/h5-9H,10-15H2,1-4H3,(H,25,26). The number of esters is 1. The second-order valence-electron chi connectivity index (χ2n) is 9.71. The van der Waals surface area contributed by atoms with Crippen molar-refractivity contribution in [1.29, 1.82) is 0 Å². The zero-order valence-electron chi connectivity index (χ0n) is 19.5. The number of carbonyl (C=O) groups excluding carboxylic acids is 3. The van der Waals surface area contributed by atoms with Gasteiger partial charge in [-0.25, -0.2) is 9.59 Å². The van der Waals surface area contributed by atoms with Crippen LogP contribution in [-0.4, -0.2) is 69.3 Å². The van der Waals surface area contributed by atoms with E-state index in [1.807, 2.05) is 26.8 Å². The number of benzene rings is 1. The molecule has 4 rings (SSSR count). The highest BCUT2D eigenvalue weighted by Gasteiger charge is 2.50. The highest BCUT2D eigenvalue weighted by atomic mass is 16.6. The molecule has 0 bridgehead atoms. The van der Waals surface area contributed by atoms with Crippen LogP contribution in [0, 0.1) is 0 Å². The van der Waals surface area contributed by atoms with Crippen molar-refractivity contribution in [3.63, 3.8) is 0 Å². The molecule has 0 radical (unpaired) electrons. The van der Waals surface area contributed by atoms with E-state index in [0.29, 0.717) is 29.8 Å². The number of amides is 2. The van der Waals surface area contributed by atoms with Crippen molar-refractivity contribution in [2.45, 2.75) is 57.7 Å². The molecule has 2 amide bonds. The first-order valence-corrected chi connectivity index (χ1v) is 11.1. The molecule has 1 N–H and O–H groups in total. The van der Waals surface area contributed by atoms with Gasteiger partial charge in [-0.15, -0.1) is 0 Å². The molecule has 1 aromatic carbocycles. The minimum Gasteiger partial charge on any atom is -0.460 e. The maximum atomic E-state index is 13.4. The summed E-state index contributed by atoms with van der Waals surface area (Å²) in [6.07, 6.45) is 1.65. The summed E-state index contributed by atoms with van der Waals surface area (Å²) in [5.41, 5.74) is 1.20. The minimum atomic E-state index is -0.595. The number of H-pyrrole nitrogens is 1. The summed E-state index contributed by atoms with van der Waals surface area (Å²) in [4.78, 5) is 41.4. The Hall–Kier alpha value is -3.36. The van der Waals surface area contributed by atoms with Gasteiger partial charge in [0.15, 0.2) is 5.69 Å².